The van der Waals surface area contributed by atoms with Crippen LogP contribution in [0.4, 0.5) is 0 Å². The molecule has 0 bridgehead atoms. The van der Waals surface area contributed by atoms with Crippen molar-refractivity contribution in [3.63, 3.8) is 0 Å². The Kier molecular flexibility index (Phi) is 18.6. The second-order valence-electron chi connectivity index (χ2n) is 7.16. The van der Waals surface area contributed by atoms with Crippen molar-refractivity contribution in [2.24, 2.45) is 0 Å². The van der Waals surface area contributed by atoms with Gasteiger partial charge >= 0.3 is 0 Å². The molecule has 6 heteroatoms. The fourth-order valence-corrected chi connectivity index (χ4v) is 1.78. The van der Waals surface area contributed by atoms with E-state index >= 15 is 0 Å². The van der Waals surface area contributed by atoms with Crippen LogP contribution in [0.25, 0.3) is 0 Å². The lowest BCUT2D eigenvalue weighted by molar-refractivity contribution is -0.906. The SMILES string of the molecule is CC[N+](C)(C)CCOCCOC.CC[N+](C)(CC)CCOCCOC. The van der Waals surface area contributed by atoms with Gasteiger partial charge in [-0.2, -0.15) is 0 Å². The quantitative estimate of drug-likeness (QED) is 0.328. The van der Waals surface area contributed by atoms with E-state index in [4.69, 9.17) is 18.9 Å². The summed E-state index contributed by atoms with van der Waals surface area (Å²) in [6, 6.07) is 0. The highest BCUT2D eigenvalue weighted by atomic mass is 16.5. The summed E-state index contributed by atoms with van der Waals surface area (Å²) in [6.45, 7) is 16.8. The molecule has 0 amide bonds. The van der Waals surface area contributed by atoms with Crippen molar-refractivity contribution in [2.75, 3.05) is 108 Å². The second kappa shape index (κ2) is 17.2. The molecule has 0 aliphatic heterocycles. The van der Waals surface area contributed by atoms with E-state index in [-0.39, 0.29) is 0 Å². The molecule has 154 valence electrons. The van der Waals surface area contributed by atoms with E-state index in [9.17, 15) is 0 Å². The van der Waals surface area contributed by atoms with Crippen molar-refractivity contribution in [3.05, 3.63) is 0 Å². The Labute approximate surface area is 157 Å². The van der Waals surface area contributed by atoms with Crippen LogP contribution in [0.15, 0.2) is 0 Å². The monoisotopic (exact) mass is 366 g/mol. The molecule has 0 aliphatic rings. The van der Waals surface area contributed by atoms with Gasteiger partial charge in [0, 0.05) is 14.2 Å². The predicted molar refractivity (Wildman–Crippen MR) is 105 cm³/mol. The summed E-state index contributed by atoms with van der Waals surface area (Å²) in [5.74, 6) is 0. The molecule has 0 aromatic carbocycles. The second-order valence-corrected chi connectivity index (χ2v) is 7.16. The summed E-state index contributed by atoms with van der Waals surface area (Å²) < 4.78 is 22.7. The molecule has 0 rings (SSSR count). The Morgan fingerprint density at radius 3 is 1.36 bits per heavy atom. The van der Waals surface area contributed by atoms with Crippen LogP contribution < -0.4 is 0 Å². The smallest absolute Gasteiger partial charge is 0.102 e. The minimum atomic E-state index is 0.694. The highest BCUT2D eigenvalue weighted by molar-refractivity contribution is 4.35. The zero-order valence-corrected chi connectivity index (χ0v) is 18.3. The van der Waals surface area contributed by atoms with Crippen LogP contribution >= 0.6 is 0 Å². The van der Waals surface area contributed by atoms with Gasteiger partial charge in [0.25, 0.3) is 0 Å². The number of hydrogen-bond donors (Lipinski definition) is 0. The fraction of sp³-hybridized carbons (Fsp3) is 1.00. The molecule has 0 aromatic heterocycles. The van der Waals surface area contributed by atoms with Gasteiger partial charge in [-0.3, -0.25) is 0 Å². The van der Waals surface area contributed by atoms with E-state index in [1.165, 1.54) is 13.1 Å². The lowest BCUT2D eigenvalue weighted by atomic mass is 10.4. The maximum atomic E-state index is 5.43. The van der Waals surface area contributed by atoms with Gasteiger partial charge in [-0.05, 0) is 20.8 Å². The maximum Gasteiger partial charge on any atom is 0.102 e. The molecule has 0 spiro atoms. The lowest BCUT2D eigenvalue weighted by Gasteiger charge is -2.31. The van der Waals surface area contributed by atoms with E-state index in [1.807, 2.05) is 0 Å². The highest BCUT2D eigenvalue weighted by Crippen LogP contribution is 2.00. The highest BCUT2D eigenvalue weighted by Gasteiger charge is 2.15. The molecule has 0 aromatic rings. The maximum absolute atomic E-state index is 5.43. The molecule has 0 aliphatic carbocycles. The average Bonchev–Trinajstić information content (AvgIpc) is 2.61. The Morgan fingerprint density at radius 1 is 0.560 bits per heavy atom. The third kappa shape index (κ3) is 18.4. The number of ether oxygens (including phenoxy) is 4. The van der Waals surface area contributed by atoms with Crippen molar-refractivity contribution < 1.29 is 27.9 Å². The van der Waals surface area contributed by atoms with E-state index in [0.29, 0.717) is 26.4 Å². The summed E-state index contributed by atoms with van der Waals surface area (Å²) in [5.41, 5.74) is 0. The first kappa shape index (κ1) is 27.0. The summed E-state index contributed by atoms with van der Waals surface area (Å²) in [6.07, 6.45) is 0. The van der Waals surface area contributed by atoms with Gasteiger partial charge in [-0.25, -0.2) is 0 Å². The largest absolute Gasteiger partial charge is 0.382 e. The van der Waals surface area contributed by atoms with E-state index in [0.717, 1.165) is 41.8 Å². The molecule has 0 unspecified atom stereocenters. The molecule has 0 radical (unpaired) electrons. The average molecular weight is 367 g/mol. The van der Waals surface area contributed by atoms with Gasteiger partial charge in [0.1, 0.15) is 13.1 Å². The van der Waals surface area contributed by atoms with Crippen LogP contribution in [0.1, 0.15) is 20.8 Å². The van der Waals surface area contributed by atoms with Crippen molar-refractivity contribution in [3.8, 4) is 0 Å². The van der Waals surface area contributed by atoms with Gasteiger partial charge in [-0.1, -0.05) is 0 Å². The zero-order valence-electron chi connectivity index (χ0n) is 18.3. The normalized spacial score (nSPS) is 12.0. The van der Waals surface area contributed by atoms with Crippen LogP contribution in [-0.4, -0.2) is 117 Å². The van der Waals surface area contributed by atoms with Gasteiger partial charge in [0.15, 0.2) is 0 Å². The molecule has 6 nitrogen and oxygen atoms in total. The number of hydrogen-bond acceptors (Lipinski definition) is 4. The van der Waals surface area contributed by atoms with E-state index in [2.05, 4.69) is 41.9 Å². The predicted octanol–water partition coefficient (Wildman–Crippen LogP) is 1.88. The molecule has 0 atom stereocenters. The molecule has 0 saturated heterocycles. The Morgan fingerprint density at radius 2 is 1.00 bits per heavy atom. The Balaban J connectivity index is 0. The molecule has 0 fully saturated rings. The van der Waals surface area contributed by atoms with Crippen molar-refractivity contribution in [1.29, 1.82) is 0 Å². The molecule has 0 saturated carbocycles. The van der Waals surface area contributed by atoms with Crippen LogP contribution in [0.5, 0.6) is 0 Å². The first-order valence-corrected chi connectivity index (χ1v) is 9.59. The van der Waals surface area contributed by atoms with E-state index in [1.54, 1.807) is 14.2 Å². The van der Waals surface area contributed by atoms with Gasteiger partial charge in [0.05, 0.1) is 80.4 Å². The summed E-state index contributed by atoms with van der Waals surface area (Å²) >= 11 is 0. The minimum Gasteiger partial charge on any atom is -0.382 e. The molecule has 25 heavy (non-hydrogen) atoms. The van der Waals surface area contributed by atoms with Gasteiger partial charge < -0.3 is 27.9 Å². The van der Waals surface area contributed by atoms with Crippen LogP contribution in [0, 0.1) is 0 Å². The first-order valence-electron chi connectivity index (χ1n) is 9.59. The zero-order chi connectivity index (χ0) is 19.6. The molecule has 0 N–H and O–H groups in total. The molecule has 0 heterocycles. The molecular formula is C19H46N2O4+2. The summed E-state index contributed by atoms with van der Waals surface area (Å²) in [4.78, 5) is 0. The first-order chi connectivity index (χ1) is 11.8. The van der Waals surface area contributed by atoms with E-state index < -0.39 is 0 Å². The molecular weight excluding hydrogens is 320 g/mol. The van der Waals surface area contributed by atoms with Crippen LogP contribution in [0.2, 0.25) is 0 Å². The third-order valence-corrected chi connectivity index (χ3v) is 4.86. The topological polar surface area (TPSA) is 36.9 Å². The Bertz CT molecular complexity index is 272. The van der Waals surface area contributed by atoms with Gasteiger partial charge in [-0.15, -0.1) is 0 Å². The minimum absolute atomic E-state index is 0.694. The fourth-order valence-electron chi connectivity index (χ4n) is 1.78. The van der Waals surface area contributed by atoms with Crippen LogP contribution in [-0.2, 0) is 18.9 Å². The summed E-state index contributed by atoms with van der Waals surface area (Å²) in [5, 5.41) is 0. The Hall–Kier alpha value is -0.240. The van der Waals surface area contributed by atoms with Crippen molar-refractivity contribution in [2.45, 2.75) is 20.8 Å². The lowest BCUT2D eigenvalue weighted by Crippen LogP contribution is -2.45. The van der Waals surface area contributed by atoms with Crippen molar-refractivity contribution >= 4 is 0 Å². The summed E-state index contributed by atoms with van der Waals surface area (Å²) in [7, 11) is 10.1. The third-order valence-electron chi connectivity index (χ3n) is 4.86. The number of rotatable bonds is 15. The van der Waals surface area contributed by atoms with Crippen LogP contribution in [0.3, 0.4) is 0 Å². The van der Waals surface area contributed by atoms with Gasteiger partial charge in [0.2, 0.25) is 0 Å². The number of nitrogens with zero attached hydrogens (tertiary/aromatic N) is 2. The number of quaternary nitrogens is 2. The standard InChI is InChI=1S/C10H24NO2.C9H22NO2/c1-5-11(3,6-2)7-8-13-10-9-12-4;1-5-10(2,3)6-7-12-9-8-11-4/h5-10H2,1-4H3;5-9H2,1-4H3/q2*+1. The number of likely N-dealkylation sites (N-methyl/N-ethyl adjacent to an activating group) is 2. The number of methoxy groups -OCH3 is 2. The van der Waals surface area contributed by atoms with Crippen molar-refractivity contribution in [1.82, 2.24) is 0 Å².